The van der Waals surface area contributed by atoms with E-state index < -0.39 is 6.10 Å². The lowest BCUT2D eigenvalue weighted by Crippen LogP contribution is -2.38. The molecule has 0 radical (unpaired) electrons. The highest BCUT2D eigenvalue weighted by atomic mass is 16.5. The monoisotopic (exact) mass is 393 g/mol. The van der Waals surface area contributed by atoms with Crippen molar-refractivity contribution in [2.45, 2.75) is 32.4 Å². The lowest BCUT2D eigenvalue weighted by Gasteiger charge is -2.22. The van der Waals surface area contributed by atoms with E-state index in [2.05, 4.69) is 5.32 Å². The quantitative estimate of drug-likeness (QED) is 0.592. The third-order valence-corrected chi connectivity index (χ3v) is 4.96. The molecule has 0 saturated heterocycles. The van der Waals surface area contributed by atoms with Crippen molar-refractivity contribution in [3.63, 3.8) is 0 Å². The van der Waals surface area contributed by atoms with Crippen LogP contribution < -0.4 is 19.5 Å². The Morgan fingerprint density at radius 2 is 1.66 bits per heavy atom. The molecule has 1 N–H and O–H groups in total. The number of rotatable bonds is 8. The number of ether oxygens (including phenoxy) is 3. The van der Waals surface area contributed by atoms with Crippen LogP contribution in [0.5, 0.6) is 17.2 Å². The average Bonchev–Trinajstić information content (AvgIpc) is 2.77. The van der Waals surface area contributed by atoms with Gasteiger partial charge in [0.15, 0.2) is 17.6 Å². The lowest BCUT2D eigenvalue weighted by atomic mass is 10.0. The minimum atomic E-state index is -0.630. The maximum atomic E-state index is 12.8. The van der Waals surface area contributed by atoms with Crippen LogP contribution in [0.1, 0.15) is 31.9 Å². The van der Waals surface area contributed by atoms with Crippen LogP contribution in [-0.4, -0.2) is 26.2 Å². The normalized spacial score (nSPS) is 12.8. The van der Waals surface area contributed by atoms with Crippen LogP contribution in [0.15, 0.2) is 60.7 Å². The fourth-order valence-electron chi connectivity index (χ4n) is 3.32. The van der Waals surface area contributed by atoms with Crippen LogP contribution in [0, 0.1) is 0 Å². The highest BCUT2D eigenvalue weighted by Crippen LogP contribution is 2.31. The third kappa shape index (κ3) is 4.62. The minimum Gasteiger partial charge on any atom is -0.493 e. The first-order valence-electron chi connectivity index (χ1n) is 9.74. The van der Waals surface area contributed by atoms with Crippen molar-refractivity contribution < 1.29 is 19.0 Å². The Kier molecular flexibility index (Phi) is 6.60. The van der Waals surface area contributed by atoms with Crippen LogP contribution in [0.3, 0.4) is 0 Å². The second-order valence-electron chi connectivity index (χ2n) is 6.82. The summed E-state index contributed by atoms with van der Waals surface area (Å²) >= 11 is 0. The summed E-state index contributed by atoms with van der Waals surface area (Å²) in [6.45, 7) is 3.79. The number of methoxy groups -OCH3 is 2. The lowest BCUT2D eigenvalue weighted by molar-refractivity contribution is -0.128. The molecule has 29 heavy (non-hydrogen) atoms. The van der Waals surface area contributed by atoms with Gasteiger partial charge in [0.25, 0.3) is 5.91 Å². The van der Waals surface area contributed by atoms with Gasteiger partial charge in [-0.05, 0) is 42.5 Å². The molecule has 3 rings (SSSR count). The van der Waals surface area contributed by atoms with E-state index in [0.29, 0.717) is 17.2 Å². The maximum Gasteiger partial charge on any atom is 0.261 e. The fraction of sp³-hybridized carbons (Fsp3) is 0.292. The first-order valence-corrected chi connectivity index (χ1v) is 9.74. The van der Waals surface area contributed by atoms with E-state index in [4.69, 9.17) is 14.2 Å². The molecule has 5 heteroatoms. The first-order chi connectivity index (χ1) is 14.1. The molecule has 0 aliphatic carbocycles. The Labute approximate surface area is 171 Å². The predicted octanol–water partition coefficient (Wildman–Crippen LogP) is 4.89. The van der Waals surface area contributed by atoms with Gasteiger partial charge in [0.05, 0.1) is 20.3 Å². The molecule has 0 unspecified atom stereocenters. The van der Waals surface area contributed by atoms with Crippen molar-refractivity contribution in [2.75, 3.05) is 14.2 Å². The standard InChI is InChI=1S/C24H27NO4/c1-5-20(18-13-14-22(27-3)23(15-18)28-4)25-24(26)16(2)29-21-12-8-10-17-9-6-7-11-19(17)21/h6-16,20H,5H2,1-4H3,(H,25,26)/t16-,20-/m1/s1. The molecule has 0 bridgehead atoms. The molecule has 1 amide bonds. The van der Waals surface area contributed by atoms with Gasteiger partial charge >= 0.3 is 0 Å². The van der Waals surface area contributed by atoms with Crippen LogP contribution >= 0.6 is 0 Å². The van der Waals surface area contributed by atoms with Gasteiger partial charge in [-0.15, -0.1) is 0 Å². The molecule has 0 heterocycles. The van der Waals surface area contributed by atoms with Gasteiger partial charge in [-0.2, -0.15) is 0 Å². The van der Waals surface area contributed by atoms with Gasteiger partial charge in [0.2, 0.25) is 0 Å². The molecule has 0 saturated carbocycles. The van der Waals surface area contributed by atoms with Crippen LogP contribution in [0.25, 0.3) is 10.8 Å². The Morgan fingerprint density at radius 3 is 2.38 bits per heavy atom. The van der Waals surface area contributed by atoms with Crippen molar-refractivity contribution in [2.24, 2.45) is 0 Å². The summed E-state index contributed by atoms with van der Waals surface area (Å²) in [7, 11) is 3.20. The molecular formula is C24H27NO4. The number of benzene rings is 3. The van der Waals surface area contributed by atoms with Crippen molar-refractivity contribution in [3.05, 3.63) is 66.2 Å². The summed E-state index contributed by atoms with van der Waals surface area (Å²) in [6, 6.07) is 19.3. The van der Waals surface area contributed by atoms with Gasteiger partial charge in [0, 0.05) is 5.39 Å². The molecule has 0 aliphatic rings. The summed E-state index contributed by atoms with van der Waals surface area (Å²) in [5.41, 5.74) is 0.955. The third-order valence-electron chi connectivity index (χ3n) is 4.96. The Morgan fingerprint density at radius 1 is 0.931 bits per heavy atom. The molecule has 0 fully saturated rings. The van der Waals surface area contributed by atoms with E-state index >= 15 is 0 Å². The SMILES string of the molecule is CC[C@@H](NC(=O)[C@@H](C)Oc1cccc2ccccc12)c1ccc(OC)c(OC)c1. The average molecular weight is 393 g/mol. The maximum absolute atomic E-state index is 12.8. The molecule has 0 aromatic heterocycles. The van der Waals surface area contributed by atoms with Gasteiger partial charge in [-0.3, -0.25) is 4.79 Å². The molecular weight excluding hydrogens is 366 g/mol. The topological polar surface area (TPSA) is 56.8 Å². The highest BCUT2D eigenvalue weighted by molar-refractivity contribution is 5.89. The van der Waals surface area contributed by atoms with Crippen LogP contribution in [0.4, 0.5) is 0 Å². The summed E-state index contributed by atoms with van der Waals surface area (Å²) in [5, 5.41) is 5.15. The van der Waals surface area contributed by atoms with Gasteiger partial charge in [-0.1, -0.05) is 49.4 Å². The van der Waals surface area contributed by atoms with E-state index in [9.17, 15) is 4.79 Å². The first kappa shape index (κ1) is 20.5. The fourth-order valence-corrected chi connectivity index (χ4v) is 3.32. The summed E-state index contributed by atoms with van der Waals surface area (Å²) < 4.78 is 16.7. The summed E-state index contributed by atoms with van der Waals surface area (Å²) in [4.78, 5) is 12.8. The van der Waals surface area contributed by atoms with Gasteiger partial charge < -0.3 is 19.5 Å². The van der Waals surface area contributed by atoms with E-state index in [-0.39, 0.29) is 11.9 Å². The largest absolute Gasteiger partial charge is 0.493 e. The number of carbonyl (C=O) groups is 1. The second kappa shape index (κ2) is 9.32. The van der Waals surface area contributed by atoms with Crippen LogP contribution in [0.2, 0.25) is 0 Å². The smallest absolute Gasteiger partial charge is 0.261 e. The predicted molar refractivity (Wildman–Crippen MR) is 115 cm³/mol. The zero-order chi connectivity index (χ0) is 20.8. The van der Waals surface area contributed by atoms with Gasteiger partial charge in [-0.25, -0.2) is 0 Å². The Balaban J connectivity index is 1.74. The van der Waals surface area contributed by atoms with Crippen molar-refractivity contribution in [1.29, 1.82) is 0 Å². The number of carbonyl (C=O) groups excluding carboxylic acids is 1. The molecule has 2 atom stereocenters. The highest BCUT2D eigenvalue weighted by Gasteiger charge is 2.21. The summed E-state index contributed by atoms with van der Waals surface area (Å²) in [5.74, 6) is 1.83. The van der Waals surface area contributed by atoms with Gasteiger partial charge in [0.1, 0.15) is 5.75 Å². The zero-order valence-corrected chi connectivity index (χ0v) is 17.3. The zero-order valence-electron chi connectivity index (χ0n) is 17.3. The van der Waals surface area contributed by atoms with E-state index in [1.165, 1.54) is 0 Å². The van der Waals surface area contributed by atoms with Crippen molar-refractivity contribution in [1.82, 2.24) is 5.32 Å². The molecule has 152 valence electrons. The van der Waals surface area contributed by atoms with Crippen molar-refractivity contribution in [3.8, 4) is 17.2 Å². The number of hydrogen-bond donors (Lipinski definition) is 1. The van der Waals surface area contributed by atoms with E-state index in [1.54, 1.807) is 21.1 Å². The number of amides is 1. The van der Waals surface area contributed by atoms with E-state index in [0.717, 1.165) is 22.8 Å². The molecule has 0 spiro atoms. The molecule has 5 nitrogen and oxygen atoms in total. The second-order valence-corrected chi connectivity index (χ2v) is 6.82. The van der Waals surface area contributed by atoms with Crippen LogP contribution in [-0.2, 0) is 4.79 Å². The van der Waals surface area contributed by atoms with Crippen molar-refractivity contribution >= 4 is 16.7 Å². The number of fused-ring (bicyclic) bond motifs is 1. The number of nitrogens with one attached hydrogen (secondary N) is 1. The number of hydrogen-bond acceptors (Lipinski definition) is 4. The Bertz CT molecular complexity index is 980. The molecule has 3 aromatic carbocycles. The molecule has 3 aromatic rings. The summed E-state index contributed by atoms with van der Waals surface area (Å²) in [6.07, 6.45) is 0.109. The minimum absolute atomic E-state index is 0.152. The molecule has 0 aliphatic heterocycles. The Hall–Kier alpha value is -3.21. The van der Waals surface area contributed by atoms with E-state index in [1.807, 2.05) is 67.6 Å².